The lowest BCUT2D eigenvalue weighted by Crippen LogP contribution is -2.56. The third-order valence-electron chi connectivity index (χ3n) is 5.76. The van der Waals surface area contributed by atoms with Crippen molar-refractivity contribution in [3.8, 4) is 0 Å². The van der Waals surface area contributed by atoms with E-state index in [2.05, 4.69) is 10.6 Å². The second-order valence-electron chi connectivity index (χ2n) is 7.88. The van der Waals surface area contributed by atoms with Crippen molar-refractivity contribution in [1.82, 2.24) is 10.2 Å². The maximum atomic E-state index is 13.5. The molecule has 7 heteroatoms. The predicted octanol–water partition coefficient (Wildman–Crippen LogP) is 1.69. The van der Waals surface area contributed by atoms with Crippen molar-refractivity contribution >= 4 is 23.2 Å². The van der Waals surface area contributed by atoms with Gasteiger partial charge in [0, 0.05) is 48.4 Å². The number of rotatable bonds is 4. The van der Waals surface area contributed by atoms with Crippen LogP contribution in [0.1, 0.15) is 56.0 Å². The number of nitrogens with zero attached hydrogens (tertiary/aromatic N) is 1. The van der Waals surface area contributed by atoms with Gasteiger partial charge in [-0.1, -0.05) is 24.3 Å². The molecule has 0 aromatic heterocycles. The van der Waals surface area contributed by atoms with Gasteiger partial charge < -0.3 is 20.6 Å². The SMILES string of the molecule is CC1CN(C(=O)c2ccc3c(c2NCCO)C(=O)c2ccccc2C3=O)C(C)CN1. The molecule has 1 aliphatic carbocycles. The van der Waals surface area contributed by atoms with Crippen LogP contribution in [-0.2, 0) is 0 Å². The Labute approximate surface area is 175 Å². The summed E-state index contributed by atoms with van der Waals surface area (Å²) < 4.78 is 0. The van der Waals surface area contributed by atoms with E-state index in [4.69, 9.17) is 0 Å². The van der Waals surface area contributed by atoms with Crippen LogP contribution in [-0.4, -0.2) is 65.8 Å². The molecule has 2 aliphatic rings. The van der Waals surface area contributed by atoms with Gasteiger partial charge in [-0.15, -0.1) is 0 Å². The molecule has 1 saturated heterocycles. The molecule has 7 nitrogen and oxygen atoms in total. The Kier molecular flexibility index (Phi) is 5.40. The zero-order valence-electron chi connectivity index (χ0n) is 17.1. The van der Waals surface area contributed by atoms with Gasteiger partial charge in [0.25, 0.3) is 5.91 Å². The minimum absolute atomic E-state index is 0.00603. The van der Waals surface area contributed by atoms with Crippen LogP contribution in [0, 0.1) is 0 Å². The number of fused-ring (bicyclic) bond motifs is 2. The molecular formula is C23H25N3O4. The van der Waals surface area contributed by atoms with Crippen molar-refractivity contribution in [3.05, 3.63) is 64.2 Å². The van der Waals surface area contributed by atoms with Gasteiger partial charge in [0.1, 0.15) is 0 Å². The van der Waals surface area contributed by atoms with Gasteiger partial charge in [-0.3, -0.25) is 14.4 Å². The fourth-order valence-electron chi connectivity index (χ4n) is 4.19. The molecule has 2 aromatic rings. The molecule has 0 spiro atoms. The number of nitrogens with one attached hydrogen (secondary N) is 2. The summed E-state index contributed by atoms with van der Waals surface area (Å²) in [6.45, 7) is 5.21. The Balaban J connectivity index is 1.84. The van der Waals surface area contributed by atoms with Crippen molar-refractivity contribution in [2.24, 2.45) is 0 Å². The van der Waals surface area contributed by atoms with Crippen molar-refractivity contribution in [2.75, 3.05) is 31.6 Å². The fourth-order valence-corrected chi connectivity index (χ4v) is 4.19. The molecule has 4 rings (SSSR count). The molecule has 3 N–H and O–H groups in total. The van der Waals surface area contributed by atoms with Crippen molar-refractivity contribution in [1.29, 1.82) is 0 Å². The fraction of sp³-hybridized carbons (Fsp3) is 0.348. The number of aliphatic hydroxyl groups is 1. The van der Waals surface area contributed by atoms with E-state index in [-0.39, 0.29) is 53.8 Å². The van der Waals surface area contributed by atoms with Gasteiger partial charge >= 0.3 is 0 Å². The van der Waals surface area contributed by atoms with E-state index in [9.17, 15) is 19.5 Å². The van der Waals surface area contributed by atoms with Gasteiger partial charge in [0.15, 0.2) is 11.6 Å². The average Bonchev–Trinajstić information content (AvgIpc) is 2.76. The van der Waals surface area contributed by atoms with Crippen LogP contribution in [0.4, 0.5) is 5.69 Å². The van der Waals surface area contributed by atoms with E-state index >= 15 is 0 Å². The van der Waals surface area contributed by atoms with E-state index < -0.39 is 0 Å². The molecule has 2 atom stereocenters. The number of carbonyl (C=O) groups is 3. The number of benzene rings is 2. The van der Waals surface area contributed by atoms with Gasteiger partial charge in [0.05, 0.1) is 23.4 Å². The second kappa shape index (κ2) is 8.01. The first kappa shape index (κ1) is 20.3. The Morgan fingerprint density at radius 2 is 1.80 bits per heavy atom. The number of hydrogen-bond donors (Lipinski definition) is 3. The molecular weight excluding hydrogens is 382 g/mol. The highest BCUT2D eigenvalue weighted by Crippen LogP contribution is 2.35. The first-order valence-corrected chi connectivity index (χ1v) is 10.2. The summed E-state index contributed by atoms with van der Waals surface area (Å²) in [5.41, 5.74) is 1.83. The summed E-state index contributed by atoms with van der Waals surface area (Å²) in [7, 11) is 0. The van der Waals surface area contributed by atoms with Gasteiger partial charge in [-0.05, 0) is 26.0 Å². The first-order valence-electron chi connectivity index (χ1n) is 10.2. The van der Waals surface area contributed by atoms with Crippen LogP contribution in [0.3, 0.4) is 0 Å². The number of anilines is 1. The Hall–Kier alpha value is -3.03. The minimum atomic E-state index is -0.294. The van der Waals surface area contributed by atoms with E-state index in [1.54, 1.807) is 41.3 Å². The lowest BCUT2D eigenvalue weighted by atomic mass is 9.82. The summed E-state index contributed by atoms with van der Waals surface area (Å²) in [6, 6.07) is 10.0. The van der Waals surface area contributed by atoms with Gasteiger partial charge in [-0.25, -0.2) is 0 Å². The van der Waals surface area contributed by atoms with Gasteiger partial charge in [-0.2, -0.15) is 0 Å². The number of amides is 1. The van der Waals surface area contributed by atoms with Crippen molar-refractivity contribution in [2.45, 2.75) is 25.9 Å². The topological polar surface area (TPSA) is 98.7 Å². The minimum Gasteiger partial charge on any atom is -0.395 e. The normalized spacial score (nSPS) is 20.6. The smallest absolute Gasteiger partial charge is 0.256 e. The number of hydrogen-bond acceptors (Lipinski definition) is 6. The van der Waals surface area contributed by atoms with Crippen LogP contribution < -0.4 is 10.6 Å². The van der Waals surface area contributed by atoms with E-state index in [1.165, 1.54) is 0 Å². The largest absolute Gasteiger partial charge is 0.395 e. The number of aliphatic hydroxyl groups excluding tert-OH is 1. The molecule has 0 radical (unpaired) electrons. The molecule has 1 fully saturated rings. The highest BCUT2D eigenvalue weighted by Gasteiger charge is 2.35. The summed E-state index contributed by atoms with van der Waals surface area (Å²) in [6.07, 6.45) is 0. The standard InChI is InChI=1S/C23H25N3O4/c1-13-12-26(14(2)11-25-13)23(30)18-8-7-17-19(20(18)24-9-10-27)22(29)16-6-4-3-5-15(16)21(17)28/h3-8,13-14,24-25,27H,9-12H2,1-2H3. The highest BCUT2D eigenvalue weighted by atomic mass is 16.3. The van der Waals surface area contributed by atoms with Gasteiger partial charge in [0.2, 0.25) is 0 Å². The Bertz CT molecular complexity index is 1030. The third kappa shape index (κ3) is 3.30. The molecule has 0 bridgehead atoms. The zero-order valence-corrected chi connectivity index (χ0v) is 17.1. The maximum Gasteiger partial charge on any atom is 0.256 e. The number of carbonyl (C=O) groups excluding carboxylic acids is 3. The molecule has 156 valence electrons. The molecule has 2 aromatic carbocycles. The Morgan fingerprint density at radius 1 is 1.10 bits per heavy atom. The lowest BCUT2D eigenvalue weighted by Gasteiger charge is -2.38. The first-order chi connectivity index (χ1) is 14.4. The molecule has 1 aliphatic heterocycles. The zero-order chi connectivity index (χ0) is 21.4. The molecule has 0 saturated carbocycles. The second-order valence-corrected chi connectivity index (χ2v) is 7.88. The van der Waals surface area contributed by atoms with Crippen LogP contribution in [0.25, 0.3) is 0 Å². The molecule has 30 heavy (non-hydrogen) atoms. The summed E-state index contributed by atoms with van der Waals surface area (Å²) in [5, 5.41) is 15.7. The monoisotopic (exact) mass is 407 g/mol. The summed E-state index contributed by atoms with van der Waals surface area (Å²) >= 11 is 0. The molecule has 2 unspecified atom stereocenters. The average molecular weight is 407 g/mol. The van der Waals surface area contributed by atoms with Crippen LogP contribution in [0.2, 0.25) is 0 Å². The van der Waals surface area contributed by atoms with E-state index in [0.29, 0.717) is 35.5 Å². The van der Waals surface area contributed by atoms with Crippen molar-refractivity contribution < 1.29 is 19.5 Å². The highest BCUT2D eigenvalue weighted by molar-refractivity contribution is 6.31. The quantitative estimate of drug-likeness (QED) is 0.609. The van der Waals surface area contributed by atoms with Crippen LogP contribution >= 0.6 is 0 Å². The van der Waals surface area contributed by atoms with E-state index in [0.717, 1.165) is 0 Å². The van der Waals surface area contributed by atoms with Crippen molar-refractivity contribution in [3.63, 3.8) is 0 Å². The lowest BCUT2D eigenvalue weighted by molar-refractivity contribution is 0.0617. The third-order valence-corrected chi connectivity index (χ3v) is 5.76. The van der Waals surface area contributed by atoms with Crippen LogP contribution in [0.5, 0.6) is 0 Å². The number of ketones is 2. The van der Waals surface area contributed by atoms with Crippen LogP contribution in [0.15, 0.2) is 36.4 Å². The summed E-state index contributed by atoms with van der Waals surface area (Å²) in [5.74, 6) is -0.731. The summed E-state index contributed by atoms with van der Waals surface area (Å²) in [4.78, 5) is 41.6. The maximum absolute atomic E-state index is 13.5. The molecule has 1 amide bonds. The van der Waals surface area contributed by atoms with E-state index in [1.807, 2.05) is 13.8 Å². The Morgan fingerprint density at radius 3 is 2.50 bits per heavy atom. The predicted molar refractivity (Wildman–Crippen MR) is 113 cm³/mol. The number of piperazine rings is 1. The molecule has 1 heterocycles.